The van der Waals surface area contributed by atoms with E-state index in [2.05, 4.69) is 12.2 Å². The molecule has 1 spiro atoms. The zero-order valence-corrected chi connectivity index (χ0v) is 12.4. The Bertz CT molecular complexity index is 700. The average molecular weight is 295 g/mol. The van der Waals surface area contributed by atoms with Gasteiger partial charge in [-0.15, -0.1) is 0 Å². The molecule has 112 valence electrons. The van der Waals surface area contributed by atoms with Crippen molar-refractivity contribution < 1.29 is 14.3 Å². The molecule has 4 atom stereocenters. The van der Waals surface area contributed by atoms with Crippen molar-refractivity contribution in [2.45, 2.75) is 12.8 Å². The van der Waals surface area contributed by atoms with Gasteiger partial charge in [-0.1, -0.05) is 24.3 Å². The molecule has 0 aromatic heterocycles. The van der Waals surface area contributed by atoms with Crippen LogP contribution < -0.4 is 9.64 Å². The van der Waals surface area contributed by atoms with Crippen LogP contribution in [0, 0.1) is 29.1 Å². The number of para-hydroxylation sites is 2. The molecule has 4 nitrogen and oxygen atoms in total. The summed E-state index contributed by atoms with van der Waals surface area (Å²) in [6.07, 6.45) is 6.71. The molecule has 0 N–H and O–H groups in total. The normalized spacial score (nSPS) is 36.3. The summed E-state index contributed by atoms with van der Waals surface area (Å²) < 4.78 is 5.34. The molecule has 1 aliphatic heterocycles. The molecular formula is C18H17NO3. The van der Waals surface area contributed by atoms with E-state index in [1.807, 2.05) is 12.1 Å². The number of rotatable bonds is 2. The number of ether oxygens (including phenoxy) is 1. The van der Waals surface area contributed by atoms with Crippen molar-refractivity contribution in [3.8, 4) is 5.75 Å². The molecule has 2 amide bonds. The van der Waals surface area contributed by atoms with E-state index < -0.39 is 0 Å². The van der Waals surface area contributed by atoms with Crippen molar-refractivity contribution in [2.75, 3.05) is 12.0 Å². The van der Waals surface area contributed by atoms with Crippen molar-refractivity contribution in [1.29, 1.82) is 0 Å². The molecule has 4 heteroatoms. The Morgan fingerprint density at radius 1 is 1.05 bits per heavy atom. The van der Waals surface area contributed by atoms with Gasteiger partial charge in [0.15, 0.2) is 0 Å². The third-order valence-corrected chi connectivity index (χ3v) is 6.18. The molecule has 2 bridgehead atoms. The van der Waals surface area contributed by atoms with Crippen LogP contribution in [0.3, 0.4) is 0 Å². The number of hydrogen-bond donors (Lipinski definition) is 0. The monoisotopic (exact) mass is 295 g/mol. The number of carbonyl (C=O) groups is 2. The van der Waals surface area contributed by atoms with E-state index in [1.54, 1.807) is 19.2 Å². The van der Waals surface area contributed by atoms with E-state index in [1.165, 1.54) is 4.90 Å². The topological polar surface area (TPSA) is 46.6 Å². The maximum atomic E-state index is 13.0. The zero-order valence-electron chi connectivity index (χ0n) is 12.4. The molecule has 22 heavy (non-hydrogen) atoms. The lowest BCUT2D eigenvalue weighted by Crippen LogP contribution is -2.35. The number of benzene rings is 1. The SMILES string of the molecule is COc1ccccc1N1C(=O)[C@@H]2[C@@H](C1=O)[C@@H]1C=C[C@@H]2C12CC2. The second kappa shape index (κ2) is 3.80. The summed E-state index contributed by atoms with van der Waals surface area (Å²) >= 11 is 0. The van der Waals surface area contributed by atoms with Crippen LogP contribution in [-0.2, 0) is 9.59 Å². The van der Waals surface area contributed by atoms with E-state index >= 15 is 0 Å². The highest BCUT2D eigenvalue weighted by Gasteiger charge is 2.73. The van der Waals surface area contributed by atoms with Crippen molar-refractivity contribution in [3.05, 3.63) is 36.4 Å². The number of hydrogen-bond acceptors (Lipinski definition) is 3. The Labute approximate surface area is 128 Å². The van der Waals surface area contributed by atoms with E-state index in [0.29, 0.717) is 11.4 Å². The van der Waals surface area contributed by atoms with Gasteiger partial charge in [0.25, 0.3) is 0 Å². The van der Waals surface area contributed by atoms with Gasteiger partial charge < -0.3 is 4.74 Å². The van der Waals surface area contributed by atoms with Crippen LogP contribution in [0.5, 0.6) is 5.75 Å². The number of carbonyl (C=O) groups excluding carboxylic acids is 2. The van der Waals surface area contributed by atoms with Crippen LogP contribution in [0.2, 0.25) is 0 Å². The molecule has 3 aliphatic carbocycles. The van der Waals surface area contributed by atoms with E-state index in [-0.39, 0.29) is 40.9 Å². The van der Waals surface area contributed by atoms with Gasteiger partial charge in [-0.3, -0.25) is 9.59 Å². The fraction of sp³-hybridized carbons (Fsp3) is 0.444. The quantitative estimate of drug-likeness (QED) is 0.622. The van der Waals surface area contributed by atoms with Gasteiger partial charge in [-0.05, 0) is 42.2 Å². The lowest BCUT2D eigenvalue weighted by Gasteiger charge is -2.22. The van der Waals surface area contributed by atoms with Crippen LogP contribution in [0.15, 0.2) is 36.4 Å². The molecular weight excluding hydrogens is 278 g/mol. The first-order chi connectivity index (χ1) is 10.7. The first-order valence-electron chi connectivity index (χ1n) is 7.88. The van der Waals surface area contributed by atoms with Gasteiger partial charge in [-0.25, -0.2) is 4.90 Å². The highest BCUT2D eigenvalue weighted by Crippen LogP contribution is 2.73. The largest absolute Gasteiger partial charge is 0.495 e. The number of allylic oxidation sites excluding steroid dienone is 2. The van der Waals surface area contributed by atoms with E-state index in [4.69, 9.17) is 4.74 Å². The Kier molecular flexibility index (Phi) is 2.15. The number of methoxy groups -OCH3 is 1. The van der Waals surface area contributed by atoms with Crippen molar-refractivity contribution in [2.24, 2.45) is 29.1 Å². The van der Waals surface area contributed by atoms with Crippen LogP contribution in [0.25, 0.3) is 0 Å². The van der Waals surface area contributed by atoms with Crippen LogP contribution >= 0.6 is 0 Å². The van der Waals surface area contributed by atoms with Gasteiger partial charge in [0.05, 0.1) is 24.6 Å². The molecule has 1 saturated heterocycles. The lowest BCUT2D eigenvalue weighted by molar-refractivity contribution is -0.123. The van der Waals surface area contributed by atoms with Gasteiger partial charge in [0.1, 0.15) is 5.75 Å². The molecule has 1 heterocycles. The minimum absolute atomic E-state index is 0.0392. The fourth-order valence-electron chi connectivity index (χ4n) is 5.13. The summed E-state index contributed by atoms with van der Waals surface area (Å²) in [5, 5.41) is 0. The summed E-state index contributed by atoms with van der Waals surface area (Å²) in [4.78, 5) is 27.3. The summed E-state index contributed by atoms with van der Waals surface area (Å²) in [5.74, 6) is 0.706. The van der Waals surface area contributed by atoms with Gasteiger partial charge in [-0.2, -0.15) is 0 Å². The molecule has 3 fully saturated rings. The summed E-state index contributed by atoms with van der Waals surface area (Å²) in [6, 6.07) is 7.26. The number of nitrogens with zero attached hydrogens (tertiary/aromatic N) is 1. The van der Waals surface area contributed by atoms with Crippen molar-refractivity contribution in [1.82, 2.24) is 0 Å². The van der Waals surface area contributed by atoms with Gasteiger partial charge in [0, 0.05) is 0 Å². The summed E-state index contributed by atoms with van der Waals surface area (Å²) in [6.45, 7) is 0. The maximum Gasteiger partial charge on any atom is 0.238 e. The molecule has 1 aromatic carbocycles. The number of amides is 2. The minimum atomic E-state index is -0.157. The van der Waals surface area contributed by atoms with Crippen LogP contribution in [-0.4, -0.2) is 18.9 Å². The first kappa shape index (κ1) is 12.4. The minimum Gasteiger partial charge on any atom is -0.495 e. The molecule has 0 unspecified atom stereocenters. The second-order valence-electron chi connectivity index (χ2n) is 6.90. The maximum absolute atomic E-state index is 13.0. The molecule has 4 aliphatic rings. The third kappa shape index (κ3) is 1.21. The van der Waals surface area contributed by atoms with Crippen molar-refractivity contribution in [3.63, 3.8) is 0 Å². The third-order valence-electron chi connectivity index (χ3n) is 6.18. The van der Waals surface area contributed by atoms with Crippen LogP contribution in [0.1, 0.15) is 12.8 Å². The first-order valence-corrected chi connectivity index (χ1v) is 7.88. The Morgan fingerprint density at radius 3 is 2.18 bits per heavy atom. The molecule has 5 rings (SSSR count). The van der Waals surface area contributed by atoms with Gasteiger partial charge >= 0.3 is 0 Å². The summed E-state index contributed by atoms with van der Waals surface area (Å²) in [5.41, 5.74) is 0.826. The number of imide groups is 1. The molecule has 0 radical (unpaired) electrons. The number of anilines is 1. The Hall–Kier alpha value is -2.10. The highest BCUT2D eigenvalue weighted by atomic mass is 16.5. The predicted octanol–water partition coefficient (Wildman–Crippen LogP) is 2.40. The Morgan fingerprint density at radius 2 is 1.64 bits per heavy atom. The molecule has 1 aromatic rings. The molecule has 2 saturated carbocycles. The second-order valence-corrected chi connectivity index (χ2v) is 6.90. The Balaban J connectivity index is 1.59. The van der Waals surface area contributed by atoms with Crippen LogP contribution in [0.4, 0.5) is 5.69 Å². The fourth-order valence-corrected chi connectivity index (χ4v) is 5.13. The summed E-state index contributed by atoms with van der Waals surface area (Å²) in [7, 11) is 1.56. The predicted molar refractivity (Wildman–Crippen MR) is 80.3 cm³/mol. The standard InChI is InChI=1S/C18H17NO3/c1-22-13-5-3-2-4-12(13)19-16(20)14-10-6-7-11(15(14)17(19)21)18(10)8-9-18/h2-7,10-11,14-15H,8-9H2,1H3/t10-,11-,14-,15-/m0/s1. The zero-order chi connectivity index (χ0) is 15.1. The number of fused-ring (bicyclic) bond motifs is 3. The van der Waals surface area contributed by atoms with Crippen molar-refractivity contribution >= 4 is 17.5 Å². The smallest absolute Gasteiger partial charge is 0.238 e. The van der Waals surface area contributed by atoms with E-state index in [0.717, 1.165) is 12.8 Å². The average Bonchev–Trinajstić information content (AvgIpc) is 3.13. The lowest BCUT2D eigenvalue weighted by atomic mass is 9.85. The van der Waals surface area contributed by atoms with E-state index in [9.17, 15) is 9.59 Å². The highest BCUT2D eigenvalue weighted by molar-refractivity contribution is 6.23. The van der Waals surface area contributed by atoms with Gasteiger partial charge in [0.2, 0.25) is 11.8 Å².